The van der Waals surface area contributed by atoms with Gasteiger partial charge in [-0.2, -0.15) is 10.1 Å². The first kappa shape index (κ1) is 16.8. The molecule has 6 heteroatoms. The number of methoxy groups -OCH3 is 1. The average Bonchev–Trinajstić information content (AvgIpc) is 3.26. The van der Waals surface area contributed by atoms with E-state index in [2.05, 4.69) is 17.1 Å². The maximum absolute atomic E-state index is 11.9. The van der Waals surface area contributed by atoms with Crippen molar-refractivity contribution in [3.05, 3.63) is 65.7 Å². The lowest BCUT2D eigenvalue weighted by molar-refractivity contribution is -0.116. The molecule has 2 aromatic carbocycles. The summed E-state index contributed by atoms with van der Waals surface area (Å²) in [6.07, 6.45) is 0.762. The van der Waals surface area contributed by atoms with Gasteiger partial charge in [0.15, 0.2) is 5.17 Å². The number of carbonyl (C=O) groups excluding carboxylic acids is 1. The molecule has 2 aliphatic rings. The van der Waals surface area contributed by atoms with E-state index in [0.717, 1.165) is 29.0 Å². The van der Waals surface area contributed by atoms with Crippen LogP contribution < -0.4 is 4.74 Å². The average molecular weight is 365 g/mol. The molecule has 0 N–H and O–H groups in total. The Balaban J connectivity index is 1.70. The van der Waals surface area contributed by atoms with Gasteiger partial charge in [-0.05, 0) is 30.2 Å². The van der Waals surface area contributed by atoms with Crippen molar-refractivity contribution in [2.24, 2.45) is 10.1 Å². The summed E-state index contributed by atoms with van der Waals surface area (Å²) in [5.74, 6) is 0.723. The lowest BCUT2D eigenvalue weighted by Crippen LogP contribution is -2.24. The van der Waals surface area contributed by atoms with E-state index in [4.69, 9.17) is 9.84 Å². The topological polar surface area (TPSA) is 54.3 Å². The minimum atomic E-state index is -0.155. The van der Waals surface area contributed by atoms with Crippen LogP contribution in [0.1, 0.15) is 30.5 Å². The number of rotatable bonds is 3. The Kier molecular flexibility index (Phi) is 4.51. The number of ether oxygens (including phenoxy) is 1. The Morgan fingerprint density at radius 1 is 1.12 bits per heavy atom. The van der Waals surface area contributed by atoms with E-state index < -0.39 is 0 Å². The fraction of sp³-hybridized carbons (Fsp3) is 0.250. The van der Waals surface area contributed by atoms with Crippen LogP contribution in [0.25, 0.3) is 0 Å². The Hall–Kier alpha value is -2.60. The highest BCUT2D eigenvalue weighted by Gasteiger charge is 2.36. The number of hydrogen-bond acceptors (Lipinski definition) is 5. The van der Waals surface area contributed by atoms with Gasteiger partial charge in [0.05, 0.1) is 24.1 Å². The Morgan fingerprint density at radius 3 is 2.46 bits per heavy atom. The van der Waals surface area contributed by atoms with Crippen LogP contribution in [0.15, 0.2) is 64.7 Å². The van der Waals surface area contributed by atoms with Crippen molar-refractivity contribution >= 4 is 28.5 Å². The van der Waals surface area contributed by atoms with Crippen molar-refractivity contribution < 1.29 is 9.53 Å². The molecule has 0 saturated carbocycles. The predicted octanol–water partition coefficient (Wildman–Crippen LogP) is 3.86. The second kappa shape index (κ2) is 6.96. The standard InChI is InChI=1S/C20H19N3O2S/c1-13-19(24)21-20(26-13)23-18(15-8-10-16(25-2)11-9-15)12-17(22-23)14-6-4-3-5-7-14/h3-11,13,18H,12H2,1-2H3. The molecule has 2 heterocycles. The van der Waals surface area contributed by atoms with Gasteiger partial charge < -0.3 is 4.74 Å². The summed E-state index contributed by atoms with van der Waals surface area (Å²) in [6.45, 7) is 1.88. The SMILES string of the molecule is COc1ccc(C2CC(c3ccccc3)=NN2C2=NC(=O)C(C)S2)cc1. The summed E-state index contributed by atoms with van der Waals surface area (Å²) >= 11 is 1.47. The van der Waals surface area contributed by atoms with Crippen LogP contribution in [0.4, 0.5) is 0 Å². The number of aliphatic imine (C=N–C) groups is 1. The van der Waals surface area contributed by atoms with E-state index in [1.54, 1.807) is 7.11 Å². The lowest BCUT2D eigenvalue weighted by atomic mass is 9.98. The van der Waals surface area contributed by atoms with Gasteiger partial charge in [-0.15, -0.1) is 0 Å². The van der Waals surface area contributed by atoms with E-state index in [9.17, 15) is 4.79 Å². The first-order valence-corrected chi connectivity index (χ1v) is 9.39. The predicted molar refractivity (Wildman–Crippen MR) is 105 cm³/mol. The van der Waals surface area contributed by atoms with Gasteiger partial charge in [0, 0.05) is 6.42 Å². The van der Waals surface area contributed by atoms with Crippen molar-refractivity contribution in [1.29, 1.82) is 0 Å². The molecule has 132 valence electrons. The third kappa shape index (κ3) is 3.12. The van der Waals surface area contributed by atoms with Crippen molar-refractivity contribution in [1.82, 2.24) is 5.01 Å². The fourth-order valence-corrected chi connectivity index (χ4v) is 3.99. The van der Waals surface area contributed by atoms with E-state index in [1.165, 1.54) is 11.8 Å². The molecule has 2 unspecified atom stereocenters. The van der Waals surface area contributed by atoms with Crippen LogP contribution in [0.2, 0.25) is 0 Å². The maximum atomic E-state index is 11.9. The number of amides is 1. The summed E-state index contributed by atoms with van der Waals surface area (Å²) in [5, 5.41) is 7.24. The van der Waals surface area contributed by atoms with Crippen LogP contribution in [-0.2, 0) is 4.79 Å². The number of hydrazone groups is 1. The van der Waals surface area contributed by atoms with Gasteiger partial charge in [-0.25, -0.2) is 5.01 Å². The third-order valence-electron chi connectivity index (χ3n) is 4.55. The molecule has 0 aromatic heterocycles. The van der Waals surface area contributed by atoms with Gasteiger partial charge in [-0.1, -0.05) is 54.2 Å². The molecular weight excluding hydrogens is 346 g/mol. The number of nitrogens with zero attached hydrogens (tertiary/aromatic N) is 3. The van der Waals surface area contributed by atoms with Gasteiger partial charge in [0.25, 0.3) is 5.91 Å². The molecule has 2 aliphatic heterocycles. The molecule has 0 fully saturated rings. The van der Waals surface area contributed by atoms with Crippen molar-refractivity contribution in [2.45, 2.75) is 24.6 Å². The molecule has 0 aliphatic carbocycles. The molecule has 0 saturated heterocycles. The van der Waals surface area contributed by atoms with Gasteiger partial charge in [0.1, 0.15) is 5.75 Å². The summed E-state index contributed by atoms with van der Waals surface area (Å²) in [7, 11) is 1.66. The number of hydrogen-bond donors (Lipinski definition) is 0. The number of thioether (sulfide) groups is 1. The van der Waals surface area contributed by atoms with E-state index in [-0.39, 0.29) is 17.2 Å². The zero-order valence-corrected chi connectivity index (χ0v) is 15.4. The molecule has 5 nitrogen and oxygen atoms in total. The number of carbonyl (C=O) groups is 1. The number of benzene rings is 2. The zero-order chi connectivity index (χ0) is 18.1. The minimum Gasteiger partial charge on any atom is -0.497 e. The Bertz CT molecular complexity index is 878. The van der Waals surface area contributed by atoms with Gasteiger partial charge >= 0.3 is 0 Å². The normalized spacial score (nSPS) is 22.4. The first-order chi connectivity index (χ1) is 12.7. The van der Waals surface area contributed by atoms with Crippen molar-refractivity contribution in [2.75, 3.05) is 7.11 Å². The van der Waals surface area contributed by atoms with Gasteiger partial charge in [0.2, 0.25) is 0 Å². The maximum Gasteiger partial charge on any atom is 0.261 e. The van der Waals surface area contributed by atoms with Crippen LogP contribution in [0, 0.1) is 0 Å². The largest absolute Gasteiger partial charge is 0.497 e. The molecule has 0 spiro atoms. The van der Waals surface area contributed by atoms with Gasteiger partial charge in [-0.3, -0.25) is 4.79 Å². The number of amidine groups is 1. The first-order valence-electron chi connectivity index (χ1n) is 8.51. The van der Waals surface area contributed by atoms with E-state index >= 15 is 0 Å². The van der Waals surface area contributed by atoms with Crippen molar-refractivity contribution in [3.63, 3.8) is 0 Å². The molecule has 0 radical (unpaired) electrons. The molecule has 2 aromatic rings. The van der Waals surface area contributed by atoms with Crippen LogP contribution in [0.3, 0.4) is 0 Å². The lowest BCUT2D eigenvalue weighted by Gasteiger charge is -2.23. The molecule has 0 bridgehead atoms. The highest BCUT2D eigenvalue weighted by molar-refractivity contribution is 8.15. The molecule has 2 atom stereocenters. The van der Waals surface area contributed by atoms with Crippen LogP contribution >= 0.6 is 11.8 Å². The Labute approximate surface area is 156 Å². The fourth-order valence-electron chi connectivity index (χ4n) is 3.10. The smallest absolute Gasteiger partial charge is 0.261 e. The van der Waals surface area contributed by atoms with Crippen LogP contribution in [-0.4, -0.2) is 34.2 Å². The van der Waals surface area contributed by atoms with Crippen LogP contribution in [0.5, 0.6) is 5.75 Å². The molecular formula is C20H19N3O2S. The zero-order valence-electron chi connectivity index (χ0n) is 14.6. The monoisotopic (exact) mass is 365 g/mol. The molecule has 4 rings (SSSR count). The van der Waals surface area contributed by atoms with E-state index in [1.807, 2.05) is 54.4 Å². The van der Waals surface area contributed by atoms with Crippen molar-refractivity contribution in [3.8, 4) is 5.75 Å². The molecule has 26 heavy (non-hydrogen) atoms. The summed E-state index contributed by atoms with van der Waals surface area (Å²) in [6, 6.07) is 18.1. The van der Waals surface area contributed by atoms with E-state index in [0.29, 0.717) is 5.17 Å². The summed E-state index contributed by atoms with van der Waals surface area (Å²) in [5.41, 5.74) is 3.22. The highest BCUT2D eigenvalue weighted by Crippen LogP contribution is 2.38. The Morgan fingerprint density at radius 2 is 1.85 bits per heavy atom. The summed E-state index contributed by atoms with van der Waals surface area (Å²) < 4.78 is 5.26. The highest BCUT2D eigenvalue weighted by atomic mass is 32.2. The minimum absolute atomic E-state index is 0.0143. The third-order valence-corrected chi connectivity index (χ3v) is 5.59. The molecule has 1 amide bonds. The second-order valence-electron chi connectivity index (χ2n) is 6.24. The second-order valence-corrected chi connectivity index (χ2v) is 7.55. The quantitative estimate of drug-likeness (QED) is 0.829. The summed E-state index contributed by atoms with van der Waals surface area (Å²) in [4.78, 5) is 16.1.